The monoisotopic (exact) mass is 832 g/mol. The first kappa shape index (κ1) is 41.7. The van der Waals surface area contributed by atoms with Crippen molar-refractivity contribution in [3.8, 4) is 35.9 Å². The third-order valence-electron chi connectivity index (χ3n) is 13.4. The molecule has 0 bridgehead atoms. The quantitative estimate of drug-likeness (QED) is 0.0736. The minimum absolute atomic E-state index is 0.00617. The molecule has 5 heterocycles. The number of piperidine rings is 1. The standard InChI is InChI=1S/C44H58F2N6O6Si/c1-10-33-34(46)14-13-28-19-32(56-27-53-6)22-35(36(28)33)57-41-48-38-37(52(41)30-20-31(21-30)54-7)39(50-17-11-15-43(5,25-50)58-59(8,9)42(2,3)4)49-40(47-38)55-26-44-16-12-18-51(44)24-29(45)23-44/h1,13-14,19,22,29-31H,11-12,15-18,20-21,23-27H2,2-9H3/t29-,30?,31?,43-,44+/m1/s1. The number of fused-ring (bicyclic) bond motifs is 3. The van der Waals surface area contributed by atoms with Crippen LogP contribution in [0.25, 0.3) is 21.9 Å². The van der Waals surface area contributed by atoms with E-state index < -0.39 is 31.4 Å². The maximum absolute atomic E-state index is 15.3. The maximum Gasteiger partial charge on any atom is 0.320 e. The van der Waals surface area contributed by atoms with Gasteiger partial charge in [-0.05, 0) is 87.6 Å². The Bertz CT molecular complexity index is 2250. The summed E-state index contributed by atoms with van der Waals surface area (Å²) in [6.45, 7) is 16.4. The number of imidazole rings is 1. The molecule has 0 unspecified atom stereocenters. The van der Waals surface area contributed by atoms with Crippen molar-refractivity contribution in [1.82, 2.24) is 24.4 Å². The zero-order valence-corrected chi connectivity index (χ0v) is 36.7. The van der Waals surface area contributed by atoms with Crippen molar-refractivity contribution in [2.24, 2.45) is 0 Å². The molecule has 2 aromatic heterocycles. The summed E-state index contributed by atoms with van der Waals surface area (Å²) in [4.78, 5) is 19.7. The summed E-state index contributed by atoms with van der Waals surface area (Å²) in [7, 11) is 1.09. The summed E-state index contributed by atoms with van der Waals surface area (Å²) < 4.78 is 69.5. The summed E-state index contributed by atoms with van der Waals surface area (Å²) in [5.74, 6) is 3.35. The van der Waals surface area contributed by atoms with E-state index in [9.17, 15) is 4.39 Å². The molecule has 0 N–H and O–H groups in total. The Morgan fingerprint density at radius 1 is 1.03 bits per heavy atom. The lowest BCUT2D eigenvalue weighted by Gasteiger charge is -2.48. The molecule has 4 fully saturated rings. The third kappa shape index (κ3) is 7.87. The number of benzene rings is 2. The second kappa shape index (κ2) is 15.8. The lowest BCUT2D eigenvalue weighted by Crippen LogP contribution is -2.55. The van der Waals surface area contributed by atoms with Gasteiger partial charge in [-0.15, -0.1) is 6.42 Å². The molecule has 3 saturated heterocycles. The van der Waals surface area contributed by atoms with E-state index in [-0.39, 0.29) is 53.9 Å². The molecule has 2 aromatic carbocycles. The summed E-state index contributed by atoms with van der Waals surface area (Å²) in [5.41, 5.74) is 0.299. The highest BCUT2D eigenvalue weighted by Gasteiger charge is 2.50. The average Bonchev–Trinajstić information content (AvgIpc) is 3.81. The van der Waals surface area contributed by atoms with Crippen LogP contribution in [-0.4, -0.2) is 110 Å². The van der Waals surface area contributed by atoms with Crippen LogP contribution in [0.1, 0.15) is 84.2 Å². The predicted molar refractivity (Wildman–Crippen MR) is 225 cm³/mol. The van der Waals surface area contributed by atoms with Gasteiger partial charge in [0.1, 0.15) is 35.6 Å². The van der Waals surface area contributed by atoms with Crippen molar-refractivity contribution in [1.29, 1.82) is 0 Å². The summed E-state index contributed by atoms with van der Waals surface area (Å²) in [6, 6.07) is 6.75. The molecule has 0 spiro atoms. The van der Waals surface area contributed by atoms with Gasteiger partial charge in [0.25, 0.3) is 0 Å². The molecule has 8 rings (SSSR count). The summed E-state index contributed by atoms with van der Waals surface area (Å²) >= 11 is 0. The maximum atomic E-state index is 15.3. The highest BCUT2D eigenvalue weighted by Crippen LogP contribution is 2.47. The molecule has 4 aliphatic rings. The largest absolute Gasteiger partial charge is 0.467 e. The Morgan fingerprint density at radius 2 is 1.81 bits per heavy atom. The van der Waals surface area contributed by atoms with Crippen LogP contribution in [0.3, 0.4) is 0 Å². The van der Waals surface area contributed by atoms with Crippen molar-refractivity contribution in [2.75, 3.05) is 58.7 Å². The van der Waals surface area contributed by atoms with Gasteiger partial charge < -0.3 is 33.0 Å². The molecule has 12 nitrogen and oxygen atoms in total. The average molecular weight is 833 g/mol. The van der Waals surface area contributed by atoms with Crippen molar-refractivity contribution >= 4 is 36.1 Å². The number of hydrogen-bond donors (Lipinski definition) is 0. The van der Waals surface area contributed by atoms with E-state index in [1.807, 2.05) is 0 Å². The Kier molecular flexibility index (Phi) is 11.1. The number of aromatic nitrogens is 4. The Balaban J connectivity index is 1.27. The second-order valence-electron chi connectivity index (χ2n) is 18.7. The minimum Gasteiger partial charge on any atom is -0.467 e. The smallest absolute Gasteiger partial charge is 0.320 e. The fourth-order valence-electron chi connectivity index (χ4n) is 9.37. The molecule has 0 amide bonds. The van der Waals surface area contributed by atoms with E-state index in [2.05, 4.69) is 61.1 Å². The van der Waals surface area contributed by atoms with Gasteiger partial charge in [0.05, 0.1) is 22.8 Å². The second-order valence-corrected chi connectivity index (χ2v) is 23.4. The lowest BCUT2D eigenvalue weighted by molar-refractivity contribution is 0.00575. The van der Waals surface area contributed by atoms with Gasteiger partial charge in [-0.1, -0.05) is 32.8 Å². The third-order valence-corrected chi connectivity index (χ3v) is 18.0. The van der Waals surface area contributed by atoms with E-state index in [1.54, 1.807) is 25.3 Å². The van der Waals surface area contributed by atoms with Crippen LogP contribution in [0.4, 0.5) is 14.6 Å². The summed E-state index contributed by atoms with van der Waals surface area (Å²) in [6.07, 6.45) is 10.5. The minimum atomic E-state index is -2.16. The fraction of sp³-hybridized carbons (Fsp3) is 0.614. The molecular formula is C44H58F2N6O6Si. The predicted octanol–water partition coefficient (Wildman–Crippen LogP) is 8.56. The lowest BCUT2D eigenvalue weighted by atomic mass is 9.89. The first-order chi connectivity index (χ1) is 28.1. The zero-order valence-electron chi connectivity index (χ0n) is 35.7. The van der Waals surface area contributed by atoms with E-state index in [0.717, 1.165) is 38.8 Å². The fourth-order valence-corrected chi connectivity index (χ4v) is 11.1. The molecule has 1 aliphatic carbocycles. The molecule has 4 aromatic rings. The first-order valence-electron chi connectivity index (χ1n) is 20.9. The van der Waals surface area contributed by atoms with Crippen LogP contribution in [0.15, 0.2) is 24.3 Å². The number of terminal acetylenes is 1. The number of hydrogen-bond acceptors (Lipinski definition) is 11. The molecule has 3 aliphatic heterocycles. The molecule has 0 radical (unpaired) electrons. The van der Waals surface area contributed by atoms with Crippen molar-refractivity contribution in [3.05, 3.63) is 35.6 Å². The van der Waals surface area contributed by atoms with Crippen LogP contribution >= 0.6 is 0 Å². The van der Waals surface area contributed by atoms with Gasteiger partial charge in [-0.25, -0.2) is 8.78 Å². The molecule has 15 heteroatoms. The van der Waals surface area contributed by atoms with Crippen LogP contribution in [0.5, 0.6) is 23.5 Å². The van der Waals surface area contributed by atoms with Crippen LogP contribution < -0.4 is 19.1 Å². The normalized spacial score (nSPS) is 26.3. The number of ether oxygens (including phenoxy) is 5. The van der Waals surface area contributed by atoms with Crippen molar-refractivity contribution in [2.45, 2.75) is 120 Å². The van der Waals surface area contributed by atoms with Gasteiger partial charge in [0.15, 0.2) is 26.6 Å². The first-order valence-corrected chi connectivity index (χ1v) is 23.8. The van der Waals surface area contributed by atoms with E-state index in [4.69, 9.17) is 49.5 Å². The van der Waals surface area contributed by atoms with E-state index in [1.165, 1.54) is 13.2 Å². The highest BCUT2D eigenvalue weighted by atomic mass is 28.4. The molecule has 59 heavy (non-hydrogen) atoms. The van der Waals surface area contributed by atoms with Crippen molar-refractivity contribution in [3.63, 3.8) is 0 Å². The SMILES string of the molecule is C#Cc1c(F)ccc2cc(OCOC)cc(Oc3nc4nc(OC[C@@]56CCCN5C[C@H](F)C6)nc(N5CCC[C@@](C)(O[Si](C)(C)C(C)(C)C)C5)c4n3C3CC(OC)C3)c12. The van der Waals surface area contributed by atoms with Gasteiger partial charge in [0.2, 0.25) is 0 Å². The Morgan fingerprint density at radius 3 is 2.54 bits per heavy atom. The number of halogens is 2. The molecule has 1 saturated carbocycles. The molecule has 318 valence electrons. The molecular weight excluding hydrogens is 775 g/mol. The van der Waals surface area contributed by atoms with Gasteiger partial charge in [-0.3, -0.25) is 9.47 Å². The summed E-state index contributed by atoms with van der Waals surface area (Å²) in [5, 5.41) is 1.06. The van der Waals surface area contributed by atoms with Gasteiger partial charge >= 0.3 is 12.0 Å². The number of nitrogens with zero attached hydrogens (tertiary/aromatic N) is 6. The number of rotatable bonds is 13. The van der Waals surface area contributed by atoms with Gasteiger partial charge in [0, 0.05) is 57.8 Å². The topological polar surface area (TPSA) is 105 Å². The number of alkyl halides is 1. The zero-order chi connectivity index (χ0) is 41.9. The van der Waals surface area contributed by atoms with E-state index in [0.29, 0.717) is 65.9 Å². The van der Waals surface area contributed by atoms with Crippen molar-refractivity contribution < 1.29 is 36.9 Å². The van der Waals surface area contributed by atoms with Crippen LogP contribution in [0, 0.1) is 18.2 Å². The Labute approximate surface area is 347 Å². The number of anilines is 1. The van der Waals surface area contributed by atoms with Gasteiger partial charge in [-0.2, -0.15) is 15.0 Å². The van der Waals surface area contributed by atoms with Crippen LogP contribution in [-0.2, 0) is 13.9 Å². The molecule has 3 atom stereocenters. The van der Waals surface area contributed by atoms with E-state index >= 15 is 4.39 Å². The Hall–Kier alpha value is -4.07. The van der Waals surface area contributed by atoms with Crippen LogP contribution in [0.2, 0.25) is 18.1 Å². The number of methoxy groups -OCH3 is 2. The highest BCUT2D eigenvalue weighted by molar-refractivity contribution is 6.74.